The van der Waals surface area contributed by atoms with Crippen LogP contribution in [0.2, 0.25) is 0 Å². The number of amides is 1. The van der Waals surface area contributed by atoms with Gasteiger partial charge >= 0.3 is 5.97 Å². The Kier molecular flexibility index (Phi) is 6.72. The molecule has 1 aromatic carbocycles. The molecule has 27 heavy (non-hydrogen) atoms. The summed E-state index contributed by atoms with van der Waals surface area (Å²) in [5.74, 6) is 0.832. The number of rotatable bonds is 6. The zero-order chi connectivity index (χ0) is 19.2. The van der Waals surface area contributed by atoms with Crippen LogP contribution in [0.5, 0.6) is 5.75 Å². The number of carbonyl (C=O) groups excluding carboxylic acids is 2. The van der Waals surface area contributed by atoms with Gasteiger partial charge in [0, 0.05) is 19.1 Å². The van der Waals surface area contributed by atoms with Crippen molar-refractivity contribution in [2.24, 2.45) is 5.92 Å². The van der Waals surface area contributed by atoms with E-state index in [1.165, 1.54) is 5.56 Å². The van der Waals surface area contributed by atoms with Crippen LogP contribution in [0.15, 0.2) is 24.3 Å². The van der Waals surface area contributed by atoms with E-state index >= 15 is 0 Å². The molecule has 3 rings (SSSR count). The summed E-state index contributed by atoms with van der Waals surface area (Å²) >= 11 is 0. The first kappa shape index (κ1) is 19.7. The lowest BCUT2D eigenvalue weighted by molar-refractivity contribution is -0.151. The number of esters is 1. The van der Waals surface area contributed by atoms with Gasteiger partial charge in [-0.2, -0.15) is 0 Å². The third kappa shape index (κ3) is 4.80. The summed E-state index contributed by atoms with van der Waals surface area (Å²) in [4.78, 5) is 28.8. The van der Waals surface area contributed by atoms with Gasteiger partial charge in [0.25, 0.3) is 0 Å². The maximum absolute atomic E-state index is 12.8. The summed E-state index contributed by atoms with van der Waals surface area (Å²) in [5.41, 5.74) is 1.24. The Morgan fingerprint density at radius 1 is 1.07 bits per heavy atom. The lowest BCUT2D eigenvalue weighted by Gasteiger charge is -2.33. The highest BCUT2D eigenvalue weighted by atomic mass is 16.5. The van der Waals surface area contributed by atoms with E-state index in [0.717, 1.165) is 25.1 Å². The molecule has 148 valence electrons. The first-order valence-corrected chi connectivity index (χ1v) is 9.94. The molecule has 0 aromatic heterocycles. The molecule has 0 saturated carbocycles. The van der Waals surface area contributed by atoms with Crippen molar-refractivity contribution in [3.05, 3.63) is 29.8 Å². The van der Waals surface area contributed by atoms with Crippen LogP contribution in [0.4, 0.5) is 0 Å². The lowest BCUT2D eigenvalue weighted by Crippen LogP contribution is -2.45. The molecule has 0 spiro atoms. The zero-order valence-electron chi connectivity index (χ0n) is 16.4. The molecule has 2 fully saturated rings. The molecule has 1 atom stereocenters. The Bertz CT molecular complexity index is 638. The Morgan fingerprint density at radius 3 is 2.41 bits per heavy atom. The van der Waals surface area contributed by atoms with Gasteiger partial charge in [-0.05, 0) is 56.8 Å². The van der Waals surface area contributed by atoms with Crippen molar-refractivity contribution in [3.63, 3.8) is 0 Å². The van der Waals surface area contributed by atoms with Crippen molar-refractivity contribution in [2.75, 3.05) is 39.9 Å². The second-order valence-corrected chi connectivity index (χ2v) is 7.31. The van der Waals surface area contributed by atoms with Crippen LogP contribution in [0.3, 0.4) is 0 Å². The van der Waals surface area contributed by atoms with Crippen molar-refractivity contribution >= 4 is 11.9 Å². The maximum Gasteiger partial charge on any atom is 0.309 e. The number of likely N-dealkylation sites (tertiary alicyclic amines) is 2. The summed E-state index contributed by atoms with van der Waals surface area (Å²) in [6.07, 6.45) is 3.58. The van der Waals surface area contributed by atoms with Crippen molar-refractivity contribution < 1.29 is 19.1 Å². The molecule has 6 nitrogen and oxygen atoms in total. The molecule has 0 N–H and O–H groups in total. The van der Waals surface area contributed by atoms with E-state index in [-0.39, 0.29) is 23.8 Å². The minimum absolute atomic E-state index is 0.0622. The van der Waals surface area contributed by atoms with Gasteiger partial charge in [0.2, 0.25) is 5.91 Å². The summed E-state index contributed by atoms with van der Waals surface area (Å²) in [7, 11) is 1.67. The summed E-state index contributed by atoms with van der Waals surface area (Å²) in [5, 5.41) is 0. The predicted octanol–water partition coefficient (Wildman–Crippen LogP) is 2.63. The number of piperidine rings is 1. The summed E-state index contributed by atoms with van der Waals surface area (Å²) in [6.45, 7) is 4.92. The SMILES string of the molecule is CCOC(=O)C1CCN(C(=O)CN2CCC[C@H]2c2ccc(OC)cc2)CC1. The molecule has 0 unspecified atom stereocenters. The van der Waals surface area contributed by atoms with Gasteiger partial charge in [0.15, 0.2) is 0 Å². The first-order chi connectivity index (χ1) is 13.1. The summed E-state index contributed by atoms with van der Waals surface area (Å²) < 4.78 is 10.3. The van der Waals surface area contributed by atoms with E-state index in [9.17, 15) is 9.59 Å². The van der Waals surface area contributed by atoms with Crippen LogP contribution in [-0.4, -0.2) is 61.6 Å². The van der Waals surface area contributed by atoms with Gasteiger partial charge in [-0.15, -0.1) is 0 Å². The fourth-order valence-corrected chi connectivity index (χ4v) is 4.12. The Hall–Kier alpha value is -2.08. The number of methoxy groups -OCH3 is 1. The van der Waals surface area contributed by atoms with Gasteiger partial charge in [-0.3, -0.25) is 14.5 Å². The van der Waals surface area contributed by atoms with Crippen LogP contribution >= 0.6 is 0 Å². The van der Waals surface area contributed by atoms with E-state index in [0.29, 0.717) is 39.1 Å². The van der Waals surface area contributed by atoms with Crippen LogP contribution < -0.4 is 4.74 Å². The molecule has 6 heteroatoms. The number of ether oxygens (including phenoxy) is 2. The molecule has 1 amide bonds. The number of hydrogen-bond donors (Lipinski definition) is 0. The summed E-state index contributed by atoms with van der Waals surface area (Å²) in [6, 6.07) is 8.44. The molecule has 0 aliphatic carbocycles. The van der Waals surface area contributed by atoms with E-state index < -0.39 is 0 Å². The minimum atomic E-state index is -0.122. The lowest BCUT2D eigenvalue weighted by atomic mass is 9.97. The fourth-order valence-electron chi connectivity index (χ4n) is 4.12. The highest BCUT2D eigenvalue weighted by Crippen LogP contribution is 2.32. The average Bonchev–Trinajstić information content (AvgIpc) is 3.16. The van der Waals surface area contributed by atoms with E-state index in [1.54, 1.807) is 7.11 Å². The van der Waals surface area contributed by atoms with Crippen LogP contribution in [0.25, 0.3) is 0 Å². The molecule has 0 bridgehead atoms. The molecule has 2 aliphatic heterocycles. The number of nitrogens with zero attached hydrogens (tertiary/aromatic N) is 2. The Balaban J connectivity index is 1.53. The molecule has 2 heterocycles. The number of benzene rings is 1. The average molecular weight is 374 g/mol. The standard InChI is InChI=1S/C21H30N2O4/c1-3-27-21(25)17-10-13-22(14-11-17)20(24)15-23-12-4-5-19(23)16-6-8-18(26-2)9-7-16/h6-9,17,19H,3-5,10-15H2,1-2H3/t19-/m0/s1. The highest BCUT2D eigenvalue weighted by molar-refractivity contribution is 5.79. The van der Waals surface area contributed by atoms with E-state index in [4.69, 9.17) is 9.47 Å². The van der Waals surface area contributed by atoms with Gasteiger partial charge in [0.05, 0.1) is 26.2 Å². The molecular formula is C21H30N2O4. The third-order valence-corrected chi connectivity index (χ3v) is 5.67. The predicted molar refractivity (Wildman–Crippen MR) is 102 cm³/mol. The Morgan fingerprint density at radius 2 is 1.78 bits per heavy atom. The van der Waals surface area contributed by atoms with Gasteiger partial charge in [-0.1, -0.05) is 12.1 Å². The van der Waals surface area contributed by atoms with Crippen LogP contribution in [0.1, 0.15) is 44.2 Å². The highest BCUT2D eigenvalue weighted by Gasteiger charge is 2.32. The monoisotopic (exact) mass is 374 g/mol. The zero-order valence-corrected chi connectivity index (χ0v) is 16.4. The van der Waals surface area contributed by atoms with Gasteiger partial charge < -0.3 is 14.4 Å². The van der Waals surface area contributed by atoms with Gasteiger partial charge in [0.1, 0.15) is 5.75 Å². The third-order valence-electron chi connectivity index (χ3n) is 5.67. The van der Waals surface area contributed by atoms with Gasteiger partial charge in [-0.25, -0.2) is 0 Å². The van der Waals surface area contributed by atoms with Crippen molar-refractivity contribution in [2.45, 2.75) is 38.6 Å². The van der Waals surface area contributed by atoms with Crippen molar-refractivity contribution in [1.82, 2.24) is 9.80 Å². The minimum Gasteiger partial charge on any atom is -0.497 e. The molecular weight excluding hydrogens is 344 g/mol. The molecule has 1 aromatic rings. The largest absolute Gasteiger partial charge is 0.497 e. The molecule has 2 aliphatic rings. The second kappa shape index (κ2) is 9.22. The van der Waals surface area contributed by atoms with Crippen LogP contribution in [-0.2, 0) is 14.3 Å². The van der Waals surface area contributed by atoms with Crippen molar-refractivity contribution in [1.29, 1.82) is 0 Å². The number of hydrogen-bond acceptors (Lipinski definition) is 5. The normalized spacial score (nSPS) is 21.3. The maximum atomic E-state index is 12.8. The second-order valence-electron chi connectivity index (χ2n) is 7.31. The van der Waals surface area contributed by atoms with E-state index in [1.807, 2.05) is 24.0 Å². The van der Waals surface area contributed by atoms with Crippen molar-refractivity contribution in [3.8, 4) is 5.75 Å². The smallest absolute Gasteiger partial charge is 0.309 e. The first-order valence-electron chi connectivity index (χ1n) is 9.94. The molecule has 0 radical (unpaired) electrons. The topological polar surface area (TPSA) is 59.1 Å². The number of carbonyl (C=O) groups is 2. The fraction of sp³-hybridized carbons (Fsp3) is 0.619. The molecule has 2 saturated heterocycles. The Labute approximate surface area is 161 Å². The quantitative estimate of drug-likeness (QED) is 0.717. The van der Waals surface area contributed by atoms with Crippen LogP contribution in [0, 0.1) is 5.92 Å². The van der Waals surface area contributed by atoms with E-state index in [2.05, 4.69) is 17.0 Å².